The Balaban J connectivity index is 1.79. The minimum absolute atomic E-state index is 0.523. The van der Waals surface area contributed by atoms with Gasteiger partial charge < -0.3 is 0 Å². The number of benzene rings is 1. The Bertz CT molecular complexity index is 597. The standard InChI is InChI=1S/C27H46/c1-8-11-20(2)12-9-13-21(3)14-10-16-27(7)17-15-25-18-22(4)23(5)24(6)26(25)19-27/h18,20-21H,8-17,19H2,1-7H3. The summed E-state index contributed by atoms with van der Waals surface area (Å²) in [6.07, 6.45) is 15.3. The molecule has 0 spiro atoms. The molecule has 0 radical (unpaired) electrons. The summed E-state index contributed by atoms with van der Waals surface area (Å²) in [5.74, 6) is 1.84. The van der Waals surface area contributed by atoms with E-state index in [1.54, 1.807) is 16.7 Å². The van der Waals surface area contributed by atoms with E-state index in [1.807, 2.05) is 0 Å². The molecule has 1 aliphatic carbocycles. The lowest BCUT2D eigenvalue weighted by Crippen LogP contribution is -2.27. The van der Waals surface area contributed by atoms with E-state index >= 15 is 0 Å². The van der Waals surface area contributed by atoms with Gasteiger partial charge in [0.2, 0.25) is 0 Å². The maximum atomic E-state index is 2.56. The largest absolute Gasteiger partial charge is 0.0654 e. The summed E-state index contributed by atoms with van der Waals surface area (Å²) in [6.45, 7) is 16.7. The highest BCUT2D eigenvalue weighted by molar-refractivity contribution is 5.46. The molecule has 154 valence electrons. The van der Waals surface area contributed by atoms with Crippen LogP contribution in [0.25, 0.3) is 0 Å². The van der Waals surface area contributed by atoms with Gasteiger partial charge in [-0.1, -0.05) is 78.7 Å². The fraction of sp³-hybridized carbons (Fsp3) is 0.778. The maximum absolute atomic E-state index is 2.56. The number of aryl methyl sites for hydroxylation is 2. The highest BCUT2D eigenvalue weighted by Crippen LogP contribution is 2.41. The van der Waals surface area contributed by atoms with Crippen LogP contribution in [0, 0.1) is 38.0 Å². The number of fused-ring (bicyclic) bond motifs is 1. The second kappa shape index (κ2) is 10.1. The van der Waals surface area contributed by atoms with E-state index in [0.717, 1.165) is 11.8 Å². The molecule has 0 fully saturated rings. The topological polar surface area (TPSA) is 0 Å². The van der Waals surface area contributed by atoms with Crippen LogP contribution in [-0.2, 0) is 12.8 Å². The van der Waals surface area contributed by atoms with Gasteiger partial charge in [0, 0.05) is 0 Å². The van der Waals surface area contributed by atoms with Crippen LogP contribution in [0.4, 0.5) is 0 Å². The molecule has 0 nitrogen and oxygen atoms in total. The van der Waals surface area contributed by atoms with Crippen LogP contribution in [0.3, 0.4) is 0 Å². The van der Waals surface area contributed by atoms with Gasteiger partial charge in [0.05, 0.1) is 0 Å². The first-order valence-electron chi connectivity index (χ1n) is 11.8. The highest BCUT2D eigenvalue weighted by Gasteiger charge is 2.31. The molecule has 1 aromatic carbocycles. The molecule has 0 aromatic heterocycles. The molecule has 1 aliphatic rings. The molecule has 27 heavy (non-hydrogen) atoms. The highest BCUT2D eigenvalue weighted by atomic mass is 14.4. The average Bonchev–Trinajstić information content (AvgIpc) is 2.61. The van der Waals surface area contributed by atoms with Crippen LogP contribution < -0.4 is 0 Å². The Morgan fingerprint density at radius 2 is 1.56 bits per heavy atom. The second-order valence-electron chi connectivity index (χ2n) is 10.4. The molecule has 3 unspecified atom stereocenters. The van der Waals surface area contributed by atoms with Gasteiger partial charge in [-0.15, -0.1) is 0 Å². The van der Waals surface area contributed by atoms with Crippen molar-refractivity contribution in [3.05, 3.63) is 33.9 Å². The number of hydrogen-bond donors (Lipinski definition) is 0. The lowest BCUT2D eigenvalue weighted by molar-refractivity contribution is 0.238. The third kappa shape index (κ3) is 6.37. The Morgan fingerprint density at radius 1 is 0.926 bits per heavy atom. The Labute approximate surface area is 170 Å². The molecule has 0 heterocycles. The third-order valence-corrected chi connectivity index (χ3v) is 7.64. The van der Waals surface area contributed by atoms with Crippen molar-refractivity contribution >= 4 is 0 Å². The van der Waals surface area contributed by atoms with Gasteiger partial charge in [-0.25, -0.2) is 0 Å². The lowest BCUT2D eigenvalue weighted by Gasteiger charge is -2.37. The molecular formula is C27H46. The van der Waals surface area contributed by atoms with Crippen LogP contribution >= 0.6 is 0 Å². The minimum atomic E-state index is 0.523. The Morgan fingerprint density at radius 3 is 2.22 bits per heavy atom. The van der Waals surface area contributed by atoms with Gasteiger partial charge >= 0.3 is 0 Å². The average molecular weight is 371 g/mol. The predicted molar refractivity (Wildman–Crippen MR) is 122 cm³/mol. The molecule has 2 rings (SSSR count). The minimum Gasteiger partial charge on any atom is -0.0654 e. The van der Waals surface area contributed by atoms with E-state index in [2.05, 4.69) is 54.5 Å². The maximum Gasteiger partial charge on any atom is -0.0219 e. The van der Waals surface area contributed by atoms with Crippen LogP contribution in [0.15, 0.2) is 6.07 Å². The molecule has 0 N–H and O–H groups in total. The van der Waals surface area contributed by atoms with Crippen molar-refractivity contribution in [3.8, 4) is 0 Å². The van der Waals surface area contributed by atoms with Gasteiger partial charge in [-0.2, -0.15) is 0 Å². The van der Waals surface area contributed by atoms with Crippen molar-refractivity contribution in [3.63, 3.8) is 0 Å². The molecule has 0 amide bonds. The normalized spacial score (nSPS) is 21.7. The fourth-order valence-corrected chi connectivity index (χ4v) is 5.33. The van der Waals surface area contributed by atoms with Gasteiger partial charge in [-0.05, 0) is 91.5 Å². The summed E-state index contributed by atoms with van der Waals surface area (Å²) in [4.78, 5) is 0. The molecule has 0 bridgehead atoms. The third-order valence-electron chi connectivity index (χ3n) is 7.64. The van der Waals surface area contributed by atoms with Crippen molar-refractivity contribution in [2.24, 2.45) is 17.3 Å². The van der Waals surface area contributed by atoms with Crippen LogP contribution in [0.1, 0.15) is 113 Å². The first-order valence-corrected chi connectivity index (χ1v) is 11.8. The molecular weight excluding hydrogens is 324 g/mol. The van der Waals surface area contributed by atoms with E-state index in [9.17, 15) is 0 Å². The van der Waals surface area contributed by atoms with Crippen molar-refractivity contribution in [1.82, 2.24) is 0 Å². The monoisotopic (exact) mass is 370 g/mol. The summed E-state index contributed by atoms with van der Waals surface area (Å²) in [5.41, 5.74) is 8.42. The van der Waals surface area contributed by atoms with Crippen molar-refractivity contribution in [1.29, 1.82) is 0 Å². The van der Waals surface area contributed by atoms with Gasteiger partial charge in [0.1, 0.15) is 0 Å². The van der Waals surface area contributed by atoms with Crippen LogP contribution in [0.2, 0.25) is 0 Å². The smallest absolute Gasteiger partial charge is 0.0219 e. The fourth-order valence-electron chi connectivity index (χ4n) is 5.33. The zero-order valence-corrected chi connectivity index (χ0v) is 19.5. The zero-order chi connectivity index (χ0) is 20.0. The van der Waals surface area contributed by atoms with Gasteiger partial charge in [-0.3, -0.25) is 0 Å². The predicted octanol–water partition coefficient (Wildman–Crippen LogP) is 8.52. The zero-order valence-electron chi connectivity index (χ0n) is 19.5. The first kappa shape index (κ1) is 22.5. The summed E-state index contributed by atoms with van der Waals surface area (Å²) < 4.78 is 0. The second-order valence-corrected chi connectivity index (χ2v) is 10.4. The molecule has 0 saturated carbocycles. The molecule has 3 atom stereocenters. The summed E-state index contributed by atoms with van der Waals surface area (Å²) >= 11 is 0. The van der Waals surface area contributed by atoms with Crippen molar-refractivity contribution < 1.29 is 0 Å². The molecule has 0 heteroatoms. The molecule has 0 saturated heterocycles. The van der Waals surface area contributed by atoms with E-state index in [-0.39, 0.29) is 0 Å². The van der Waals surface area contributed by atoms with E-state index in [4.69, 9.17) is 0 Å². The van der Waals surface area contributed by atoms with E-state index < -0.39 is 0 Å². The Kier molecular flexibility index (Phi) is 8.44. The summed E-state index contributed by atoms with van der Waals surface area (Å²) in [7, 11) is 0. The SMILES string of the molecule is CCCC(C)CCCC(C)CCCC1(C)CCc2cc(C)c(C)c(C)c2C1. The van der Waals surface area contributed by atoms with E-state index in [0.29, 0.717) is 5.41 Å². The Hall–Kier alpha value is -0.780. The van der Waals surface area contributed by atoms with Crippen molar-refractivity contribution in [2.75, 3.05) is 0 Å². The number of hydrogen-bond acceptors (Lipinski definition) is 0. The van der Waals surface area contributed by atoms with Crippen LogP contribution in [0.5, 0.6) is 0 Å². The summed E-state index contributed by atoms with van der Waals surface area (Å²) in [5, 5.41) is 0. The number of rotatable bonds is 10. The summed E-state index contributed by atoms with van der Waals surface area (Å²) in [6, 6.07) is 2.47. The van der Waals surface area contributed by atoms with Gasteiger partial charge in [0.25, 0.3) is 0 Å². The molecule has 1 aromatic rings. The van der Waals surface area contributed by atoms with E-state index in [1.165, 1.54) is 81.8 Å². The lowest BCUT2D eigenvalue weighted by atomic mass is 9.68. The van der Waals surface area contributed by atoms with Crippen LogP contribution in [-0.4, -0.2) is 0 Å². The first-order chi connectivity index (χ1) is 12.8. The molecule has 0 aliphatic heterocycles. The van der Waals surface area contributed by atoms with Gasteiger partial charge in [0.15, 0.2) is 0 Å². The quantitative estimate of drug-likeness (QED) is 0.387. The van der Waals surface area contributed by atoms with Crippen molar-refractivity contribution in [2.45, 2.75) is 119 Å².